The van der Waals surface area contributed by atoms with Crippen molar-refractivity contribution in [2.45, 2.75) is 44.0 Å². The van der Waals surface area contributed by atoms with E-state index in [-0.39, 0.29) is 35.5 Å². The van der Waals surface area contributed by atoms with Crippen LogP contribution in [-0.2, 0) is 24.1 Å². The van der Waals surface area contributed by atoms with Crippen molar-refractivity contribution in [2.24, 2.45) is 0 Å². The summed E-state index contributed by atoms with van der Waals surface area (Å²) in [6.45, 7) is 2.74. The third-order valence-corrected chi connectivity index (χ3v) is 7.21. The number of halogens is 4. The molecule has 11 heteroatoms. The van der Waals surface area contributed by atoms with E-state index < -0.39 is 18.2 Å². The molecule has 1 spiro atoms. The van der Waals surface area contributed by atoms with Crippen LogP contribution in [0.4, 0.5) is 17.6 Å². The van der Waals surface area contributed by atoms with Crippen LogP contribution in [0.15, 0.2) is 23.6 Å². The lowest BCUT2D eigenvalue weighted by Crippen LogP contribution is -2.58. The first-order chi connectivity index (χ1) is 16.2. The predicted octanol–water partition coefficient (Wildman–Crippen LogP) is 3.43. The summed E-state index contributed by atoms with van der Waals surface area (Å²) in [7, 11) is 0. The van der Waals surface area contributed by atoms with Gasteiger partial charge in [-0.3, -0.25) is 9.69 Å². The molecule has 2 aliphatic heterocycles. The second-order valence-electron chi connectivity index (χ2n) is 8.82. The summed E-state index contributed by atoms with van der Waals surface area (Å²) >= 11 is 0.841. The summed E-state index contributed by atoms with van der Waals surface area (Å²) in [6, 6.07) is 5.22. The maximum atomic E-state index is 14.7. The molecule has 0 bridgehead atoms. The fourth-order valence-corrected chi connectivity index (χ4v) is 5.37. The largest absolute Gasteiger partial charge is 0.396 e. The van der Waals surface area contributed by atoms with E-state index in [1.807, 2.05) is 0 Å². The smallest absolute Gasteiger partial charge is 0.395 e. The van der Waals surface area contributed by atoms with E-state index in [9.17, 15) is 22.4 Å². The first-order valence-corrected chi connectivity index (χ1v) is 12.1. The van der Waals surface area contributed by atoms with E-state index in [0.717, 1.165) is 11.3 Å². The van der Waals surface area contributed by atoms with Crippen LogP contribution in [-0.4, -0.2) is 77.0 Å². The van der Waals surface area contributed by atoms with Crippen molar-refractivity contribution in [2.75, 3.05) is 39.4 Å². The number of likely N-dealkylation sites (tertiary alicyclic amines) is 1. The van der Waals surface area contributed by atoms with Crippen molar-refractivity contribution in [1.82, 2.24) is 14.8 Å². The summed E-state index contributed by atoms with van der Waals surface area (Å²) in [5.74, 6) is -0.659. The fraction of sp³-hybridized carbons (Fsp3) is 0.565. The Balaban J connectivity index is 1.35. The average molecular weight is 502 g/mol. The van der Waals surface area contributed by atoms with Gasteiger partial charge in [-0.2, -0.15) is 13.2 Å². The monoisotopic (exact) mass is 501 g/mol. The molecule has 34 heavy (non-hydrogen) atoms. The molecule has 3 heterocycles. The van der Waals surface area contributed by atoms with Crippen LogP contribution in [0.25, 0.3) is 0 Å². The highest BCUT2D eigenvalue weighted by atomic mass is 32.1. The Morgan fingerprint density at radius 1 is 1.21 bits per heavy atom. The SMILES string of the molecule is O=C(c1csc(CC(F)(F)F)n1)N1CCOC2(CCN(Cc3cccc(CCO)c3F)CC2)C1. The van der Waals surface area contributed by atoms with Crippen LogP contribution in [0.3, 0.4) is 0 Å². The predicted molar refractivity (Wildman–Crippen MR) is 118 cm³/mol. The molecule has 186 valence electrons. The number of piperidine rings is 1. The number of aromatic nitrogens is 1. The molecule has 1 aromatic carbocycles. The lowest BCUT2D eigenvalue weighted by Gasteiger charge is -2.47. The van der Waals surface area contributed by atoms with Gasteiger partial charge in [-0.1, -0.05) is 18.2 Å². The van der Waals surface area contributed by atoms with E-state index in [1.54, 1.807) is 23.1 Å². The Morgan fingerprint density at radius 2 is 1.94 bits per heavy atom. The van der Waals surface area contributed by atoms with Gasteiger partial charge >= 0.3 is 6.18 Å². The number of rotatable bonds is 6. The molecule has 0 saturated carbocycles. The number of nitrogens with zero attached hydrogens (tertiary/aromatic N) is 3. The lowest BCUT2D eigenvalue weighted by atomic mass is 9.89. The van der Waals surface area contributed by atoms with Gasteiger partial charge < -0.3 is 14.7 Å². The minimum Gasteiger partial charge on any atom is -0.396 e. The molecule has 0 aliphatic carbocycles. The van der Waals surface area contributed by atoms with E-state index >= 15 is 0 Å². The van der Waals surface area contributed by atoms with Gasteiger partial charge in [0.1, 0.15) is 16.5 Å². The highest BCUT2D eigenvalue weighted by Crippen LogP contribution is 2.32. The van der Waals surface area contributed by atoms with Crippen molar-refractivity contribution in [3.63, 3.8) is 0 Å². The molecular weight excluding hydrogens is 474 g/mol. The average Bonchev–Trinajstić information content (AvgIpc) is 3.24. The highest BCUT2D eigenvalue weighted by Gasteiger charge is 2.41. The Hall–Kier alpha value is -2.08. The highest BCUT2D eigenvalue weighted by molar-refractivity contribution is 7.09. The lowest BCUT2D eigenvalue weighted by molar-refractivity contribution is -0.128. The van der Waals surface area contributed by atoms with Gasteiger partial charge in [0.25, 0.3) is 5.91 Å². The Labute approximate surface area is 199 Å². The molecule has 6 nitrogen and oxygen atoms in total. The maximum Gasteiger partial charge on any atom is 0.395 e. The summed E-state index contributed by atoms with van der Waals surface area (Å²) < 4.78 is 58.6. The standard InChI is InChI=1S/C23H27F4N3O3S/c24-20-16(4-10-31)2-1-3-17(20)13-29-7-5-22(6-8-29)15-30(9-11-33-22)21(32)18-14-34-19(28-18)12-23(25,26)27/h1-3,14,31H,4-13,15H2. The molecule has 1 aromatic heterocycles. The van der Waals surface area contributed by atoms with Gasteiger partial charge in [0.05, 0.1) is 25.2 Å². The minimum absolute atomic E-state index is 0.0389. The third kappa shape index (κ3) is 5.94. The Bertz CT molecular complexity index is 1010. The summed E-state index contributed by atoms with van der Waals surface area (Å²) in [6.07, 6.45) is -3.91. The maximum absolute atomic E-state index is 14.7. The normalized spacial score (nSPS) is 19.0. The zero-order valence-corrected chi connectivity index (χ0v) is 19.4. The number of carbonyl (C=O) groups excluding carboxylic acids is 1. The topological polar surface area (TPSA) is 65.9 Å². The first kappa shape index (κ1) is 25.0. The zero-order chi connectivity index (χ0) is 24.3. The molecule has 0 unspecified atom stereocenters. The van der Waals surface area contributed by atoms with Gasteiger partial charge in [0.15, 0.2) is 0 Å². The van der Waals surface area contributed by atoms with E-state index in [2.05, 4.69) is 9.88 Å². The van der Waals surface area contributed by atoms with Crippen molar-refractivity contribution in [3.05, 3.63) is 51.2 Å². The van der Waals surface area contributed by atoms with Crippen LogP contribution in [0.1, 0.15) is 39.5 Å². The number of alkyl halides is 3. The molecule has 2 aliphatic rings. The molecule has 0 radical (unpaired) electrons. The second kappa shape index (κ2) is 10.3. The number of carbonyl (C=O) groups is 1. The molecule has 4 rings (SSSR count). The van der Waals surface area contributed by atoms with Crippen molar-refractivity contribution < 1.29 is 32.2 Å². The van der Waals surface area contributed by atoms with Gasteiger partial charge in [-0.05, 0) is 24.8 Å². The summed E-state index contributed by atoms with van der Waals surface area (Å²) in [4.78, 5) is 20.5. The quantitative estimate of drug-likeness (QED) is 0.615. The van der Waals surface area contributed by atoms with Crippen LogP contribution in [0.2, 0.25) is 0 Å². The summed E-state index contributed by atoms with van der Waals surface area (Å²) in [5, 5.41) is 10.4. The van der Waals surface area contributed by atoms with Crippen LogP contribution in [0, 0.1) is 5.82 Å². The van der Waals surface area contributed by atoms with Gasteiger partial charge in [0.2, 0.25) is 0 Å². The third-order valence-electron chi connectivity index (χ3n) is 6.36. The van der Waals surface area contributed by atoms with Crippen LogP contribution in [0.5, 0.6) is 0 Å². The number of aliphatic hydroxyl groups is 1. The van der Waals surface area contributed by atoms with Crippen molar-refractivity contribution >= 4 is 17.2 Å². The number of morpholine rings is 1. The van der Waals surface area contributed by atoms with Gasteiger partial charge in [-0.15, -0.1) is 11.3 Å². The van der Waals surface area contributed by atoms with E-state index in [1.165, 1.54) is 5.38 Å². The number of amides is 1. The number of hydrogen-bond acceptors (Lipinski definition) is 6. The molecular formula is C23H27F4N3O3S. The number of ether oxygens (including phenoxy) is 1. The van der Waals surface area contributed by atoms with Gasteiger partial charge in [-0.25, -0.2) is 9.37 Å². The second-order valence-corrected chi connectivity index (χ2v) is 9.76. The first-order valence-electron chi connectivity index (χ1n) is 11.2. The minimum atomic E-state index is -4.36. The van der Waals surface area contributed by atoms with Gasteiger partial charge in [0, 0.05) is 43.7 Å². The fourth-order valence-electron chi connectivity index (χ4n) is 4.57. The van der Waals surface area contributed by atoms with E-state index in [4.69, 9.17) is 9.84 Å². The Morgan fingerprint density at radius 3 is 2.65 bits per heavy atom. The van der Waals surface area contributed by atoms with Crippen molar-refractivity contribution in [3.8, 4) is 0 Å². The summed E-state index contributed by atoms with van der Waals surface area (Å²) in [5.41, 5.74) is 0.601. The Kier molecular flexibility index (Phi) is 7.56. The van der Waals surface area contributed by atoms with Crippen LogP contribution >= 0.6 is 11.3 Å². The number of aliphatic hydroxyl groups excluding tert-OH is 1. The number of benzene rings is 1. The number of hydrogen-bond donors (Lipinski definition) is 1. The zero-order valence-electron chi connectivity index (χ0n) is 18.6. The molecule has 1 N–H and O–H groups in total. The molecule has 2 aromatic rings. The number of thiazole rings is 1. The van der Waals surface area contributed by atoms with Crippen LogP contribution < -0.4 is 0 Å². The molecule has 1 amide bonds. The molecule has 2 fully saturated rings. The van der Waals surface area contributed by atoms with Crippen molar-refractivity contribution in [1.29, 1.82) is 0 Å². The molecule has 2 saturated heterocycles. The molecule has 0 atom stereocenters. The van der Waals surface area contributed by atoms with E-state index in [0.29, 0.717) is 63.3 Å².